The van der Waals surface area contributed by atoms with E-state index in [0.717, 1.165) is 12.0 Å². The molecule has 1 aromatic carbocycles. The third-order valence-corrected chi connectivity index (χ3v) is 3.49. The van der Waals surface area contributed by atoms with Gasteiger partial charge >= 0.3 is 5.97 Å². The van der Waals surface area contributed by atoms with Crippen molar-refractivity contribution < 1.29 is 14.3 Å². The molecule has 0 bridgehead atoms. The normalized spacial score (nSPS) is 11.8. The second-order valence-electron chi connectivity index (χ2n) is 5.07. The summed E-state index contributed by atoms with van der Waals surface area (Å²) in [4.78, 5) is 25.6. The molecule has 0 aliphatic heterocycles. The minimum absolute atomic E-state index is 0.00116. The first-order valence-corrected chi connectivity index (χ1v) is 7.57. The van der Waals surface area contributed by atoms with Crippen molar-refractivity contribution in [1.82, 2.24) is 4.90 Å². The van der Waals surface area contributed by atoms with Crippen molar-refractivity contribution in [3.8, 4) is 0 Å². The molecule has 1 rings (SSSR count). The lowest BCUT2D eigenvalue weighted by Crippen LogP contribution is -2.38. The molecule has 1 aromatic rings. The largest absolute Gasteiger partial charge is 0.466 e. The maximum Gasteiger partial charge on any atom is 0.306 e. The summed E-state index contributed by atoms with van der Waals surface area (Å²) >= 11 is 0. The number of hydrogen-bond acceptors (Lipinski definition) is 3. The standard InChI is InChI=1S/C17H25NO3/c1-4-14(3)18(13-15-9-7-6-8-10-15)16(19)11-12-17(20)21-5-2/h6-10,14H,4-5,11-13H2,1-3H3. The number of esters is 1. The van der Waals surface area contributed by atoms with E-state index in [0.29, 0.717) is 13.2 Å². The van der Waals surface area contributed by atoms with Gasteiger partial charge in [-0.15, -0.1) is 0 Å². The number of hydrogen-bond donors (Lipinski definition) is 0. The number of carbonyl (C=O) groups excluding carboxylic acids is 2. The molecule has 0 heterocycles. The summed E-state index contributed by atoms with van der Waals surface area (Å²) in [5, 5.41) is 0. The third kappa shape index (κ3) is 5.98. The summed E-state index contributed by atoms with van der Waals surface area (Å²) in [6.45, 7) is 6.79. The lowest BCUT2D eigenvalue weighted by Gasteiger charge is -2.29. The molecule has 0 saturated carbocycles. The number of rotatable bonds is 8. The highest BCUT2D eigenvalue weighted by Crippen LogP contribution is 2.13. The van der Waals surface area contributed by atoms with E-state index in [9.17, 15) is 9.59 Å². The molecule has 0 N–H and O–H groups in total. The minimum atomic E-state index is -0.310. The molecule has 0 fully saturated rings. The lowest BCUT2D eigenvalue weighted by molar-refractivity contribution is -0.146. The molecule has 0 radical (unpaired) electrons. The molecule has 0 aliphatic carbocycles. The monoisotopic (exact) mass is 291 g/mol. The zero-order valence-corrected chi connectivity index (χ0v) is 13.2. The van der Waals surface area contributed by atoms with Gasteiger partial charge in [-0.3, -0.25) is 9.59 Å². The van der Waals surface area contributed by atoms with Gasteiger partial charge in [0.25, 0.3) is 0 Å². The van der Waals surface area contributed by atoms with Crippen LogP contribution in [-0.2, 0) is 20.9 Å². The Kier molecular flexibility index (Phi) is 7.51. The SMILES string of the molecule is CCOC(=O)CCC(=O)N(Cc1ccccc1)C(C)CC. The number of benzene rings is 1. The maximum atomic E-state index is 12.4. The van der Waals surface area contributed by atoms with E-state index in [1.807, 2.05) is 42.2 Å². The quantitative estimate of drug-likeness (QED) is 0.691. The Morgan fingerprint density at radius 1 is 1.14 bits per heavy atom. The van der Waals surface area contributed by atoms with Crippen LogP contribution in [0.25, 0.3) is 0 Å². The van der Waals surface area contributed by atoms with Crippen molar-refractivity contribution in [3.05, 3.63) is 35.9 Å². The van der Waals surface area contributed by atoms with Gasteiger partial charge in [0.15, 0.2) is 0 Å². The lowest BCUT2D eigenvalue weighted by atomic mass is 10.1. The van der Waals surface area contributed by atoms with Gasteiger partial charge in [0, 0.05) is 19.0 Å². The van der Waals surface area contributed by atoms with E-state index >= 15 is 0 Å². The zero-order chi connectivity index (χ0) is 15.7. The van der Waals surface area contributed by atoms with Crippen LogP contribution >= 0.6 is 0 Å². The van der Waals surface area contributed by atoms with Crippen LogP contribution in [0.5, 0.6) is 0 Å². The van der Waals surface area contributed by atoms with E-state index in [1.54, 1.807) is 6.92 Å². The summed E-state index contributed by atoms with van der Waals surface area (Å²) in [6.07, 6.45) is 1.24. The molecule has 1 atom stereocenters. The molecule has 0 spiro atoms. The Morgan fingerprint density at radius 3 is 2.38 bits per heavy atom. The molecular formula is C17H25NO3. The van der Waals surface area contributed by atoms with Gasteiger partial charge in [-0.2, -0.15) is 0 Å². The fourth-order valence-electron chi connectivity index (χ4n) is 2.08. The minimum Gasteiger partial charge on any atom is -0.466 e. The summed E-state index contributed by atoms with van der Waals surface area (Å²) in [5.74, 6) is -0.309. The third-order valence-electron chi connectivity index (χ3n) is 3.49. The van der Waals surface area contributed by atoms with Gasteiger partial charge in [0.05, 0.1) is 13.0 Å². The van der Waals surface area contributed by atoms with Gasteiger partial charge in [0.1, 0.15) is 0 Å². The van der Waals surface area contributed by atoms with Crippen molar-refractivity contribution in [2.45, 2.75) is 52.6 Å². The second-order valence-corrected chi connectivity index (χ2v) is 5.07. The first-order valence-electron chi connectivity index (χ1n) is 7.57. The van der Waals surface area contributed by atoms with Gasteiger partial charge in [-0.05, 0) is 25.8 Å². The van der Waals surface area contributed by atoms with Crippen LogP contribution < -0.4 is 0 Å². The highest BCUT2D eigenvalue weighted by Gasteiger charge is 2.20. The Bertz CT molecular complexity index is 445. The van der Waals surface area contributed by atoms with Crippen LogP contribution in [0.1, 0.15) is 45.6 Å². The van der Waals surface area contributed by atoms with Crippen molar-refractivity contribution in [2.75, 3.05) is 6.61 Å². The Hall–Kier alpha value is -1.84. The Morgan fingerprint density at radius 2 is 1.81 bits per heavy atom. The van der Waals surface area contributed by atoms with Crippen molar-refractivity contribution in [3.63, 3.8) is 0 Å². The Balaban J connectivity index is 2.64. The molecule has 0 saturated heterocycles. The van der Waals surface area contributed by atoms with Crippen LogP contribution in [0.4, 0.5) is 0 Å². The van der Waals surface area contributed by atoms with Gasteiger partial charge in [-0.1, -0.05) is 37.3 Å². The first-order chi connectivity index (χ1) is 10.1. The fraction of sp³-hybridized carbons (Fsp3) is 0.529. The molecule has 1 amide bonds. The number of carbonyl (C=O) groups is 2. The predicted molar refractivity (Wildman–Crippen MR) is 82.6 cm³/mol. The summed E-state index contributed by atoms with van der Waals surface area (Å²) < 4.78 is 4.87. The average molecular weight is 291 g/mol. The molecule has 4 heteroatoms. The van der Waals surface area contributed by atoms with E-state index < -0.39 is 0 Å². The molecule has 116 valence electrons. The molecule has 0 aliphatic rings. The van der Waals surface area contributed by atoms with Gasteiger partial charge < -0.3 is 9.64 Å². The number of nitrogens with zero attached hydrogens (tertiary/aromatic N) is 1. The summed E-state index contributed by atoms with van der Waals surface area (Å²) in [7, 11) is 0. The molecule has 0 aromatic heterocycles. The van der Waals surface area contributed by atoms with Crippen molar-refractivity contribution in [1.29, 1.82) is 0 Å². The van der Waals surface area contributed by atoms with Crippen LogP contribution in [-0.4, -0.2) is 29.4 Å². The fourth-order valence-corrected chi connectivity index (χ4v) is 2.08. The maximum absolute atomic E-state index is 12.4. The van der Waals surface area contributed by atoms with Crippen molar-refractivity contribution in [2.24, 2.45) is 0 Å². The van der Waals surface area contributed by atoms with E-state index in [1.165, 1.54) is 0 Å². The smallest absolute Gasteiger partial charge is 0.306 e. The van der Waals surface area contributed by atoms with Gasteiger partial charge in [0.2, 0.25) is 5.91 Å². The van der Waals surface area contributed by atoms with Crippen LogP contribution in [0.15, 0.2) is 30.3 Å². The van der Waals surface area contributed by atoms with Crippen molar-refractivity contribution >= 4 is 11.9 Å². The molecule has 21 heavy (non-hydrogen) atoms. The number of ether oxygens (including phenoxy) is 1. The summed E-state index contributed by atoms with van der Waals surface area (Å²) in [5.41, 5.74) is 1.10. The Labute approximate surface area is 127 Å². The average Bonchev–Trinajstić information content (AvgIpc) is 2.51. The first kappa shape index (κ1) is 17.2. The topological polar surface area (TPSA) is 46.6 Å². The molecule has 1 unspecified atom stereocenters. The predicted octanol–water partition coefficient (Wildman–Crippen LogP) is 3.16. The second kappa shape index (κ2) is 9.16. The number of amides is 1. The van der Waals surface area contributed by atoms with Crippen LogP contribution in [0.2, 0.25) is 0 Å². The van der Waals surface area contributed by atoms with Gasteiger partial charge in [-0.25, -0.2) is 0 Å². The van der Waals surface area contributed by atoms with Crippen LogP contribution in [0.3, 0.4) is 0 Å². The highest BCUT2D eigenvalue weighted by molar-refractivity contribution is 5.81. The van der Waals surface area contributed by atoms with E-state index in [-0.39, 0.29) is 30.8 Å². The molecule has 4 nitrogen and oxygen atoms in total. The highest BCUT2D eigenvalue weighted by atomic mass is 16.5. The van der Waals surface area contributed by atoms with E-state index in [2.05, 4.69) is 6.92 Å². The van der Waals surface area contributed by atoms with Crippen LogP contribution in [0, 0.1) is 0 Å². The van der Waals surface area contributed by atoms with E-state index in [4.69, 9.17) is 4.74 Å². The summed E-state index contributed by atoms with van der Waals surface area (Å²) in [6, 6.07) is 10.1. The molecular weight excluding hydrogens is 266 g/mol. The zero-order valence-electron chi connectivity index (χ0n) is 13.2.